The number of hydrogen-bond donors (Lipinski definition) is 1. The van der Waals surface area contributed by atoms with Crippen molar-refractivity contribution in [3.8, 4) is 0 Å². The van der Waals surface area contributed by atoms with Gasteiger partial charge in [0.1, 0.15) is 0 Å². The van der Waals surface area contributed by atoms with E-state index >= 15 is 0 Å². The lowest BCUT2D eigenvalue weighted by Crippen LogP contribution is -1.91. The Morgan fingerprint density at radius 3 is 2.80 bits per heavy atom. The first-order chi connectivity index (χ1) is 4.97. The molecule has 0 amide bonds. The number of nitrogens with zero attached hydrogens (tertiary/aromatic N) is 2. The third kappa shape index (κ3) is 0.916. The van der Waals surface area contributed by atoms with Crippen LogP contribution in [0, 0.1) is 0 Å². The molecule has 2 rings (SSSR count). The largest absolute Gasteiger partial charge is 0.262 e. The predicted octanol–water partition coefficient (Wildman–Crippen LogP) is 1.46. The minimum Gasteiger partial charge on any atom is -0.262 e. The highest BCUT2D eigenvalue weighted by atomic mass is 15.3. The molecule has 1 N–H and O–H groups in total. The zero-order valence-electron chi connectivity index (χ0n) is 5.88. The van der Waals surface area contributed by atoms with Gasteiger partial charge in [-0.15, -0.1) is 5.10 Å². The Bertz CT molecular complexity index is 187. The van der Waals surface area contributed by atoms with Gasteiger partial charge in [-0.2, -0.15) is 0 Å². The Labute approximate surface area is 59.8 Å². The summed E-state index contributed by atoms with van der Waals surface area (Å²) in [5, 5.41) is 10.4. The number of hydrogen-bond acceptors (Lipinski definition) is 2. The van der Waals surface area contributed by atoms with E-state index in [1.165, 1.54) is 31.4 Å². The van der Waals surface area contributed by atoms with Gasteiger partial charge in [-0.05, 0) is 12.8 Å². The van der Waals surface area contributed by atoms with Gasteiger partial charge in [0.25, 0.3) is 0 Å². The van der Waals surface area contributed by atoms with Gasteiger partial charge in [0.2, 0.25) is 0 Å². The molecule has 0 aromatic carbocycles. The first-order valence-corrected chi connectivity index (χ1v) is 3.83. The lowest BCUT2D eigenvalue weighted by atomic mass is 10.1. The van der Waals surface area contributed by atoms with Crippen LogP contribution in [0.1, 0.15) is 37.3 Å². The van der Waals surface area contributed by atoms with Crippen molar-refractivity contribution in [1.82, 2.24) is 15.4 Å². The molecule has 1 fully saturated rings. The van der Waals surface area contributed by atoms with Crippen molar-refractivity contribution >= 4 is 0 Å². The van der Waals surface area contributed by atoms with Crippen molar-refractivity contribution in [1.29, 1.82) is 0 Å². The van der Waals surface area contributed by atoms with Gasteiger partial charge in [-0.3, -0.25) is 5.10 Å². The fraction of sp³-hybridized carbons (Fsp3) is 0.714. The number of H-pyrrole nitrogens is 1. The van der Waals surface area contributed by atoms with E-state index in [1.54, 1.807) is 0 Å². The van der Waals surface area contributed by atoms with Crippen molar-refractivity contribution < 1.29 is 0 Å². The zero-order valence-corrected chi connectivity index (χ0v) is 5.88. The van der Waals surface area contributed by atoms with Gasteiger partial charge in [0.05, 0.1) is 11.9 Å². The van der Waals surface area contributed by atoms with Crippen molar-refractivity contribution in [3.05, 3.63) is 11.9 Å². The molecule has 10 heavy (non-hydrogen) atoms. The van der Waals surface area contributed by atoms with E-state index in [9.17, 15) is 0 Å². The summed E-state index contributed by atoms with van der Waals surface area (Å²) >= 11 is 0. The van der Waals surface area contributed by atoms with E-state index in [-0.39, 0.29) is 0 Å². The molecule has 0 atom stereocenters. The molecule has 1 saturated carbocycles. The van der Waals surface area contributed by atoms with E-state index in [1.807, 2.05) is 6.20 Å². The van der Waals surface area contributed by atoms with Crippen molar-refractivity contribution in [2.75, 3.05) is 0 Å². The zero-order chi connectivity index (χ0) is 6.81. The van der Waals surface area contributed by atoms with E-state index in [2.05, 4.69) is 15.4 Å². The van der Waals surface area contributed by atoms with Crippen LogP contribution in [0.3, 0.4) is 0 Å². The van der Waals surface area contributed by atoms with Crippen molar-refractivity contribution in [2.24, 2.45) is 0 Å². The molecule has 1 aliphatic carbocycles. The van der Waals surface area contributed by atoms with Crippen molar-refractivity contribution in [3.63, 3.8) is 0 Å². The Morgan fingerprint density at radius 2 is 2.20 bits per heavy atom. The van der Waals surface area contributed by atoms with Gasteiger partial charge in [-0.1, -0.05) is 18.1 Å². The molecule has 54 valence electrons. The molecule has 0 aliphatic heterocycles. The molecule has 1 aromatic heterocycles. The topological polar surface area (TPSA) is 41.6 Å². The summed E-state index contributed by atoms with van der Waals surface area (Å²) in [5.41, 5.74) is 1.22. The molecule has 1 aliphatic rings. The van der Waals surface area contributed by atoms with Crippen LogP contribution in [-0.4, -0.2) is 15.4 Å². The minimum atomic E-state index is 0.718. The van der Waals surface area contributed by atoms with Gasteiger partial charge in [-0.25, -0.2) is 0 Å². The van der Waals surface area contributed by atoms with Crippen LogP contribution in [0.25, 0.3) is 0 Å². The molecule has 1 aromatic rings. The smallest absolute Gasteiger partial charge is 0.0725 e. The molecule has 0 bridgehead atoms. The molecular formula is C7H11N3. The second-order valence-corrected chi connectivity index (χ2v) is 2.89. The van der Waals surface area contributed by atoms with E-state index in [0.29, 0.717) is 0 Å². The van der Waals surface area contributed by atoms with E-state index in [0.717, 1.165) is 5.92 Å². The first kappa shape index (κ1) is 5.89. The fourth-order valence-electron chi connectivity index (χ4n) is 1.64. The molecule has 1 heterocycles. The van der Waals surface area contributed by atoms with Gasteiger partial charge >= 0.3 is 0 Å². The van der Waals surface area contributed by atoms with Gasteiger partial charge in [0.15, 0.2) is 0 Å². The molecule has 0 spiro atoms. The molecular weight excluding hydrogens is 126 g/mol. The number of aromatic nitrogens is 3. The molecule has 0 radical (unpaired) electrons. The third-order valence-electron chi connectivity index (χ3n) is 2.23. The van der Waals surface area contributed by atoms with Gasteiger partial charge in [0, 0.05) is 5.92 Å². The first-order valence-electron chi connectivity index (χ1n) is 3.83. The summed E-state index contributed by atoms with van der Waals surface area (Å²) in [7, 11) is 0. The monoisotopic (exact) mass is 137 g/mol. The van der Waals surface area contributed by atoms with Crippen LogP contribution in [0.2, 0.25) is 0 Å². The predicted molar refractivity (Wildman–Crippen MR) is 37.6 cm³/mol. The fourth-order valence-corrected chi connectivity index (χ4v) is 1.64. The Hall–Kier alpha value is -0.860. The third-order valence-corrected chi connectivity index (χ3v) is 2.23. The number of aromatic amines is 1. The molecule has 3 heteroatoms. The lowest BCUT2D eigenvalue weighted by molar-refractivity contribution is 0.692. The van der Waals surface area contributed by atoms with Gasteiger partial charge < -0.3 is 0 Å². The van der Waals surface area contributed by atoms with Crippen LogP contribution in [-0.2, 0) is 0 Å². The summed E-state index contributed by atoms with van der Waals surface area (Å²) in [6.45, 7) is 0. The SMILES string of the molecule is c1nn[nH]c1C1CCCC1. The Kier molecular flexibility index (Phi) is 1.42. The summed E-state index contributed by atoms with van der Waals surface area (Å²) in [6.07, 6.45) is 7.19. The Balaban J connectivity index is 2.12. The van der Waals surface area contributed by atoms with E-state index < -0.39 is 0 Å². The second kappa shape index (κ2) is 2.40. The summed E-state index contributed by atoms with van der Waals surface area (Å²) in [4.78, 5) is 0. The number of nitrogens with one attached hydrogen (secondary N) is 1. The van der Waals surface area contributed by atoms with E-state index in [4.69, 9.17) is 0 Å². The maximum atomic E-state index is 3.76. The van der Waals surface area contributed by atoms with Crippen LogP contribution in [0.5, 0.6) is 0 Å². The maximum absolute atomic E-state index is 3.76. The lowest BCUT2D eigenvalue weighted by Gasteiger charge is -2.01. The molecule has 0 saturated heterocycles. The number of rotatable bonds is 1. The quantitative estimate of drug-likeness (QED) is 0.636. The van der Waals surface area contributed by atoms with Crippen molar-refractivity contribution in [2.45, 2.75) is 31.6 Å². The summed E-state index contributed by atoms with van der Waals surface area (Å²) in [6, 6.07) is 0. The van der Waals surface area contributed by atoms with Crippen LogP contribution in [0.4, 0.5) is 0 Å². The normalized spacial score (nSPS) is 20.0. The average Bonchev–Trinajstić information content (AvgIpc) is 2.59. The highest BCUT2D eigenvalue weighted by Gasteiger charge is 2.17. The maximum Gasteiger partial charge on any atom is 0.0725 e. The molecule has 0 unspecified atom stereocenters. The second-order valence-electron chi connectivity index (χ2n) is 2.89. The standard InChI is InChI=1S/C7H11N3/c1-2-4-6(3-1)7-5-8-10-9-7/h5-6H,1-4H2,(H,8,9,10). The Morgan fingerprint density at radius 1 is 1.40 bits per heavy atom. The van der Waals surface area contributed by atoms with Crippen LogP contribution < -0.4 is 0 Å². The van der Waals surface area contributed by atoms with Crippen LogP contribution in [0.15, 0.2) is 6.20 Å². The highest BCUT2D eigenvalue weighted by Crippen LogP contribution is 2.31. The average molecular weight is 137 g/mol. The molecule has 3 nitrogen and oxygen atoms in total. The summed E-state index contributed by atoms with van der Waals surface area (Å²) < 4.78 is 0. The highest BCUT2D eigenvalue weighted by molar-refractivity contribution is 5.02. The summed E-state index contributed by atoms with van der Waals surface area (Å²) in [5.74, 6) is 0.718. The van der Waals surface area contributed by atoms with Crippen LogP contribution >= 0.6 is 0 Å². The minimum absolute atomic E-state index is 0.718.